The average molecular weight is 223 g/mol. The molecule has 1 heterocycles. The lowest BCUT2D eigenvalue weighted by Gasteiger charge is -2.16. The lowest BCUT2D eigenvalue weighted by molar-refractivity contribution is -0.188. The van der Waals surface area contributed by atoms with Gasteiger partial charge < -0.3 is 9.47 Å². The van der Waals surface area contributed by atoms with Gasteiger partial charge in [0, 0.05) is 25.7 Å². The fourth-order valence-electron chi connectivity index (χ4n) is 1.03. The zero-order valence-corrected chi connectivity index (χ0v) is 9.17. The minimum absolute atomic E-state index is 0.220. The highest BCUT2D eigenvalue weighted by Gasteiger charge is 2.18. The number of carbonyl (C=O) groups is 2. The molecule has 0 N–H and O–H groups in total. The molecule has 16 heavy (non-hydrogen) atoms. The topological polar surface area (TPSA) is 65.5 Å². The van der Waals surface area contributed by atoms with Gasteiger partial charge in [-0.2, -0.15) is 0 Å². The maximum Gasteiger partial charge on any atom is 0.308 e. The molecule has 0 radical (unpaired) electrons. The molecule has 0 saturated heterocycles. The van der Waals surface area contributed by atoms with Crippen molar-refractivity contribution >= 4 is 11.9 Å². The molecule has 0 spiro atoms. The van der Waals surface area contributed by atoms with E-state index in [0.717, 1.165) is 0 Å². The normalized spacial score (nSPS) is 11.6. The van der Waals surface area contributed by atoms with Crippen molar-refractivity contribution in [3.63, 3.8) is 0 Å². The van der Waals surface area contributed by atoms with Crippen LogP contribution < -0.4 is 0 Å². The summed E-state index contributed by atoms with van der Waals surface area (Å²) in [6.45, 7) is 2.92. The van der Waals surface area contributed by atoms with Crippen molar-refractivity contribution in [2.75, 3.05) is 0 Å². The van der Waals surface area contributed by atoms with Crippen molar-refractivity contribution in [1.29, 1.82) is 0 Å². The molecule has 1 aromatic heterocycles. The average Bonchev–Trinajstić information content (AvgIpc) is 2.28. The van der Waals surface area contributed by atoms with E-state index in [4.69, 9.17) is 9.47 Å². The Morgan fingerprint density at radius 3 is 2.69 bits per heavy atom. The molecule has 1 aromatic rings. The number of nitrogens with zero attached hydrogens (tertiary/aromatic N) is 1. The summed E-state index contributed by atoms with van der Waals surface area (Å²) in [6.07, 6.45) is 2.27. The molecular formula is C11H13NO4. The molecule has 0 bridgehead atoms. The van der Waals surface area contributed by atoms with E-state index in [-0.39, 0.29) is 6.42 Å². The van der Waals surface area contributed by atoms with Crippen molar-refractivity contribution in [2.24, 2.45) is 0 Å². The quantitative estimate of drug-likeness (QED) is 0.573. The van der Waals surface area contributed by atoms with Gasteiger partial charge in [0.15, 0.2) is 0 Å². The first-order chi connectivity index (χ1) is 7.63. The largest absolute Gasteiger partial charge is 0.421 e. The summed E-state index contributed by atoms with van der Waals surface area (Å²) in [5.74, 6) is -0.951. The van der Waals surface area contributed by atoms with Gasteiger partial charge in [-0.1, -0.05) is 6.92 Å². The van der Waals surface area contributed by atoms with Crippen molar-refractivity contribution in [2.45, 2.75) is 26.6 Å². The monoisotopic (exact) mass is 223 g/mol. The van der Waals surface area contributed by atoms with Gasteiger partial charge in [0.1, 0.15) is 0 Å². The fraction of sp³-hybridized carbons (Fsp3) is 0.364. The van der Waals surface area contributed by atoms with Crippen LogP contribution in [0.3, 0.4) is 0 Å². The maximum absolute atomic E-state index is 11.1. The number of esters is 2. The summed E-state index contributed by atoms with van der Waals surface area (Å²) >= 11 is 0. The van der Waals surface area contributed by atoms with Gasteiger partial charge in [0.05, 0.1) is 5.56 Å². The molecule has 1 atom stereocenters. The van der Waals surface area contributed by atoms with Crippen LogP contribution in [-0.2, 0) is 19.1 Å². The van der Waals surface area contributed by atoms with Crippen molar-refractivity contribution < 1.29 is 19.1 Å². The summed E-state index contributed by atoms with van der Waals surface area (Å²) in [7, 11) is 0. The number of pyridine rings is 1. The van der Waals surface area contributed by atoms with E-state index in [9.17, 15) is 9.59 Å². The van der Waals surface area contributed by atoms with Gasteiger partial charge in [-0.3, -0.25) is 14.6 Å². The van der Waals surface area contributed by atoms with Gasteiger partial charge in [-0.25, -0.2) is 0 Å². The summed E-state index contributed by atoms with van der Waals surface area (Å²) < 4.78 is 9.86. The summed E-state index contributed by atoms with van der Waals surface area (Å²) in [6, 6.07) is 3.34. The molecule has 0 saturated carbocycles. The van der Waals surface area contributed by atoms with E-state index in [1.54, 1.807) is 25.3 Å². The second kappa shape index (κ2) is 5.85. The number of ether oxygens (including phenoxy) is 2. The Morgan fingerprint density at radius 2 is 2.19 bits per heavy atom. The molecule has 0 fully saturated rings. The van der Waals surface area contributed by atoms with E-state index in [2.05, 4.69) is 4.98 Å². The van der Waals surface area contributed by atoms with E-state index < -0.39 is 18.2 Å². The van der Waals surface area contributed by atoms with Crippen LogP contribution in [0.1, 0.15) is 32.1 Å². The molecule has 5 nitrogen and oxygen atoms in total. The Balaban J connectivity index is 2.79. The smallest absolute Gasteiger partial charge is 0.308 e. The molecule has 0 amide bonds. The lowest BCUT2D eigenvalue weighted by Crippen LogP contribution is -2.16. The molecule has 0 aromatic carbocycles. The summed E-state index contributed by atoms with van der Waals surface area (Å²) in [4.78, 5) is 25.9. The summed E-state index contributed by atoms with van der Waals surface area (Å²) in [5, 5.41) is 0. The predicted molar refractivity (Wildman–Crippen MR) is 55.1 cm³/mol. The van der Waals surface area contributed by atoms with Crippen molar-refractivity contribution in [1.82, 2.24) is 4.98 Å². The zero-order chi connectivity index (χ0) is 12.0. The van der Waals surface area contributed by atoms with Crippen LogP contribution in [0.15, 0.2) is 24.5 Å². The third kappa shape index (κ3) is 3.68. The highest BCUT2D eigenvalue weighted by atomic mass is 16.7. The number of carbonyl (C=O) groups excluding carboxylic acids is 2. The Labute approximate surface area is 93.4 Å². The molecule has 86 valence electrons. The zero-order valence-electron chi connectivity index (χ0n) is 9.17. The van der Waals surface area contributed by atoms with Gasteiger partial charge in [-0.15, -0.1) is 0 Å². The van der Waals surface area contributed by atoms with E-state index in [1.165, 1.54) is 13.1 Å². The van der Waals surface area contributed by atoms with E-state index >= 15 is 0 Å². The van der Waals surface area contributed by atoms with Crippen LogP contribution in [0, 0.1) is 0 Å². The Hall–Kier alpha value is -1.91. The minimum atomic E-state index is -1.02. The van der Waals surface area contributed by atoms with Crippen molar-refractivity contribution in [3.8, 4) is 0 Å². The second-order valence-corrected chi connectivity index (χ2v) is 3.07. The fourth-order valence-corrected chi connectivity index (χ4v) is 1.03. The Morgan fingerprint density at radius 1 is 1.44 bits per heavy atom. The highest BCUT2D eigenvalue weighted by molar-refractivity contribution is 5.70. The first kappa shape index (κ1) is 12.2. The lowest BCUT2D eigenvalue weighted by atomic mass is 10.3. The molecule has 1 rings (SSSR count). The minimum Gasteiger partial charge on any atom is -0.421 e. The van der Waals surface area contributed by atoms with Crippen molar-refractivity contribution in [3.05, 3.63) is 30.1 Å². The number of aromatic nitrogens is 1. The molecule has 0 aliphatic heterocycles. The maximum atomic E-state index is 11.1. The third-order valence-corrected chi connectivity index (χ3v) is 1.76. The Bertz CT molecular complexity index is 364. The standard InChI is InChI=1S/C11H13NO4/c1-3-10(14)16-11(15-8(2)13)9-5-4-6-12-7-9/h4-7,11H,3H2,1-2H3. The van der Waals surface area contributed by atoms with E-state index in [0.29, 0.717) is 5.56 Å². The highest BCUT2D eigenvalue weighted by Crippen LogP contribution is 2.18. The van der Waals surface area contributed by atoms with Crippen LogP contribution in [0.5, 0.6) is 0 Å². The second-order valence-electron chi connectivity index (χ2n) is 3.07. The predicted octanol–water partition coefficient (Wildman–Crippen LogP) is 1.60. The molecule has 0 aliphatic rings. The van der Waals surface area contributed by atoms with Gasteiger partial charge in [-0.05, 0) is 12.1 Å². The summed E-state index contributed by atoms with van der Waals surface area (Å²) in [5.41, 5.74) is 0.527. The SMILES string of the molecule is CCC(=O)OC(OC(C)=O)c1cccnc1. The van der Waals surface area contributed by atoms with E-state index in [1.807, 2.05) is 0 Å². The molecule has 0 aliphatic carbocycles. The van der Waals surface area contributed by atoms with Crippen LogP contribution >= 0.6 is 0 Å². The van der Waals surface area contributed by atoms with Crippen LogP contribution in [-0.4, -0.2) is 16.9 Å². The first-order valence-electron chi connectivity index (χ1n) is 4.90. The molecule has 5 heteroatoms. The number of hydrogen-bond donors (Lipinski definition) is 0. The number of hydrogen-bond acceptors (Lipinski definition) is 5. The van der Waals surface area contributed by atoms with Gasteiger partial charge in [0.2, 0.25) is 0 Å². The Kier molecular flexibility index (Phi) is 4.44. The van der Waals surface area contributed by atoms with Gasteiger partial charge >= 0.3 is 11.9 Å². The molecule has 1 unspecified atom stereocenters. The van der Waals surface area contributed by atoms with Crippen LogP contribution in [0.4, 0.5) is 0 Å². The molecular weight excluding hydrogens is 210 g/mol. The van der Waals surface area contributed by atoms with Crippen LogP contribution in [0.2, 0.25) is 0 Å². The first-order valence-corrected chi connectivity index (χ1v) is 4.90. The van der Waals surface area contributed by atoms with Crippen LogP contribution in [0.25, 0.3) is 0 Å². The van der Waals surface area contributed by atoms with Gasteiger partial charge in [0.25, 0.3) is 6.29 Å². The number of rotatable bonds is 4. The third-order valence-electron chi connectivity index (χ3n) is 1.76.